The van der Waals surface area contributed by atoms with Gasteiger partial charge in [-0.1, -0.05) is 19.9 Å². The van der Waals surface area contributed by atoms with E-state index < -0.39 is 23.6 Å². The van der Waals surface area contributed by atoms with Crippen LogP contribution in [-0.2, 0) is 4.79 Å². The number of β-lactam (4-membered cyclic amide) rings is 1. The zero-order chi connectivity index (χ0) is 22.1. The quantitative estimate of drug-likeness (QED) is 0.679. The zero-order valence-electron chi connectivity index (χ0n) is 17.6. The maximum Gasteiger partial charge on any atom is 0.335 e. The van der Waals surface area contributed by atoms with Crippen molar-refractivity contribution >= 4 is 23.6 Å². The smallest absolute Gasteiger partial charge is 0.335 e. The SMILES string of the molecule is CCC1(CC)C(=O)N(C(=O)Nc2cc(C)cc(C)c2)C1Oc1ccc(C(=O)O)cc1. The lowest BCUT2D eigenvalue weighted by Gasteiger charge is -2.53. The summed E-state index contributed by atoms with van der Waals surface area (Å²) in [7, 11) is 0. The van der Waals surface area contributed by atoms with E-state index in [4.69, 9.17) is 9.84 Å². The minimum atomic E-state index is -1.04. The number of amides is 3. The molecule has 0 saturated carbocycles. The Labute approximate surface area is 175 Å². The van der Waals surface area contributed by atoms with Crippen LogP contribution in [0, 0.1) is 19.3 Å². The summed E-state index contributed by atoms with van der Waals surface area (Å²) in [6.45, 7) is 7.65. The molecule has 7 heteroatoms. The van der Waals surface area contributed by atoms with Crippen molar-refractivity contribution in [3.8, 4) is 5.75 Å². The van der Waals surface area contributed by atoms with Crippen molar-refractivity contribution in [3.05, 3.63) is 59.2 Å². The van der Waals surface area contributed by atoms with E-state index in [1.165, 1.54) is 24.3 Å². The van der Waals surface area contributed by atoms with Crippen LogP contribution < -0.4 is 10.1 Å². The normalized spacial score (nSPS) is 17.3. The number of aromatic carboxylic acids is 1. The standard InChI is InChI=1S/C23H26N2O5/c1-5-23(6-2)20(28)25(22(29)24-17-12-14(3)11-15(4)13-17)21(23)30-18-9-7-16(8-10-18)19(26)27/h7-13,21H,5-6H2,1-4H3,(H,24,29)(H,26,27). The average molecular weight is 410 g/mol. The lowest BCUT2D eigenvalue weighted by molar-refractivity contribution is -0.190. The number of carbonyl (C=O) groups excluding carboxylic acids is 2. The Morgan fingerprint density at radius 2 is 1.63 bits per heavy atom. The van der Waals surface area contributed by atoms with Crippen LogP contribution >= 0.6 is 0 Å². The fourth-order valence-electron chi connectivity index (χ4n) is 3.93. The topological polar surface area (TPSA) is 95.9 Å². The van der Waals surface area contributed by atoms with Gasteiger partial charge in [-0.25, -0.2) is 14.5 Å². The molecule has 3 rings (SSSR count). The van der Waals surface area contributed by atoms with Gasteiger partial charge in [0.1, 0.15) is 11.2 Å². The monoisotopic (exact) mass is 410 g/mol. The Hall–Kier alpha value is -3.35. The van der Waals surface area contributed by atoms with Crippen molar-refractivity contribution in [1.29, 1.82) is 0 Å². The molecule has 1 atom stereocenters. The number of benzene rings is 2. The van der Waals surface area contributed by atoms with Crippen molar-refractivity contribution in [2.75, 3.05) is 5.32 Å². The molecule has 2 aromatic carbocycles. The number of anilines is 1. The van der Waals surface area contributed by atoms with Gasteiger partial charge >= 0.3 is 12.0 Å². The minimum Gasteiger partial charge on any atom is -0.478 e. The second-order valence-corrected chi connectivity index (χ2v) is 7.64. The number of hydrogen-bond donors (Lipinski definition) is 2. The highest BCUT2D eigenvalue weighted by Gasteiger charge is 2.62. The number of carbonyl (C=O) groups is 3. The van der Waals surface area contributed by atoms with E-state index >= 15 is 0 Å². The molecule has 3 amide bonds. The lowest BCUT2D eigenvalue weighted by Crippen LogP contribution is -2.73. The minimum absolute atomic E-state index is 0.133. The van der Waals surface area contributed by atoms with Crippen LogP contribution in [0.15, 0.2) is 42.5 Å². The number of hydrogen-bond acceptors (Lipinski definition) is 4. The summed E-state index contributed by atoms with van der Waals surface area (Å²) >= 11 is 0. The molecule has 1 aliphatic rings. The summed E-state index contributed by atoms with van der Waals surface area (Å²) in [4.78, 5) is 38.1. The first-order chi connectivity index (χ1) is 14.2. The first-order valence-corrected chi connectivity index (χ1v) is 9.94. The predicted octanol–water partition coefficient (Wildman–Crippen LogP) is 4.59. The summed E-state index contributed by atoms with van der Waals surface area (Å²) in [6, 6.07) is 11.0. The molecule has 30 heavy (non-hydrogen) atoms. The van der Waals surface area contributed by atoms with E-state index in [9.17, 15) is 14.4 Å². The lowest BCUT2D eigenvalue weighted by atomic mass is 9.72. The number of carboxylic acid groups (broad SMARTS) is 1. The molecule has 158 valence electrons. The Bertz CT molecular complexity index is 959. The molecule has 1 saturated heterocycles. The van der Waals surface area contributed by atoms with Crippen molar-refractivity contribution in [1.82, 2.24) is 4.90 Å². The first kappa shape index (κ1) is 21.4. The van der Waals surface area contributed by atoms with Crippen LogP contribution in [0.4, 0.5) is 10.5 Å². The first-order valence-electron chi connectivity index (χ1n) is 9.94. The summed E-state index contributed by atoms with van der Waals surface area (Å²) in [6.07, 6.45) is 0.266. The van der Waals surface area contributed by atoms with E-state index in [1.807, 2.05) is 45.9 Å². The molecule has 1 aliphatic heterocycles. The Morgan fingerprint density at radius 3 is 2.13 bits per heavy atom. The number of likely N-dealkylation sites (tertiary alicyclic amines) is 1. The number of urea groups is 1. The van der Waals surface area contributed by atoms with Crippen molar-refractivity contribution < 1.29 is 24.2 Å². The van der Waals surface area contributed by atoms with Crippen LogP contribution in [0.3, 0.4) is 0 Å². The van der Waals surface area contributed by atoms with Crippen LogP contribution in [0.2, 0.25) is 0 Å². The second kappa shape index (κ2) is 8.18. The third-order valence-electron chi connectivity index (χ3n) is 5.65. The number of carboxylic acids is 1. The molecule has 1 heterocycles. The van der Waals surface area contributed by atoms with Crippen molar-refractivity contribution in [2.24, 2.45) is 5.41 Å². The Kier molecular flexibility index (Phi) is 5.82. The van der Waals surface area contributed by atoms with E-state index in [2.05, 4.69) is 5.32 Å². The van der Waals surface area contributed by atoms with Crippen LogP contribution in [0.1, 0.15) is 48.2 Å². The van der Waals surface area contributed by atoms with Gasteiger partial charge in [0.05, 0.1) is 5.56 Å². The summed E-state index contributed by atoms with van der Waals surface area (Å²) in [5, 5.41) is 11.8. The van der Waals surface area contributed by atoms with Gasteiger partial charge in [-0.3, -0.25) is 4.79 Å². The summed E-state index contributed by atoms with van der Waals surface area (Å²) < 4.78 is 6.02. The molecule has 1 fully saturated rings. The third kappa shape index (κ3) is 3.75. The van der Waals surface area contributed by atoms with E-state index in [-0.39, 0.29) is 11.5 Å². The largest absolute Gasteiger partial charge is 0.478 e. The van der Waals surface area contributed by atoms with Gasteiger partial charge in [0, 0.05) is 5.69 Å². The number of imide groups is 1. The maximum atomic E-state index is 13.0. The van der Waals surface area contributed by atoms with Gasteiger partial charge in [-0.15, -0.1) is 0 Å². The van der Waals surface area contributed by atoms with E-state index in [1.54, 1.807) is 0 Å². The molecular weight excluding hydrogens is 384 g/mol. The number of nitrogens with one attached hydrogen (secondary N) is 1. The fourth-order valence-corrected chi connectivity index (χ4v) is 3.93. The highest BCUT2D eigenvalue weighted by atomic mass is 16.5. The highest BCUT2D eigenvalue weighted by molar-refractivity contribution is 6.07. The van der Waals surface area contributed by atoms with Crippen LogP contribution in [0.25, 0.3) is 0 Å². The fraction of sp³-hybridized carbons (Fsp3) is 0.348. The molecule has 0 bridgehead atoms. The molecule has 7 nitrogen and oxygen atoms in total. The van der Waals surface area contributed by atoms with Crippen molar-refractivity contribution in [3.63, 3.8) is 0 Å². The summed E-state index contributed by atoms with van der Waals surface area (Å²) in [5.41, 5.74) is 1.95. The number of aryl methyl sites for hydroxylation is 2. The van der Waals surface area contributed by atoms with E-state index in [0.717, 1.165) is 16.0 Å². The van der Waals surface area contributed by atoms with Gasteiger partial charge in [0.25, 0.3) is 0 Å². The van der Waals surface area contributed by atoms with Gasteiger partial charge in [-0.05, 0) is 74.2 Å². The third-order valence-corrected chi connectivity index (χ3v) is 5.65. The number of rotatable bonds is 6. The maximum absolute atomic E-state index is 13.0. The highest BCUT2D eigenvalue weighted by Crippen LogP contribution is 2.46. The number of ether oxygens (including phenoxy) is 1. The Balaban J connectivity index is 1.85. The molecule has 2 aromatic rings. The van der Waals surface area contributed by atoms with Crippen molar-refractivity contribution in [2.45, 2.75) is 46.8 Å². The molecule has 0 radical (unpaired) electrons. The molecule has 0 aromatic heterocycles. The van der Waals surface area contributed by atoms with E-state index in [0.29, 0.717) is 24.3 Å². The Morgan fingerprint density at radius 1 is 1.07 bits per heavy atom. The van der Waals surface area contributed by atoms with Gasteiger partial charge < -0.3 is 15.2 Å². The molecule has 0 spiro atoms. The number of nitrogens with zero attached hydrogens (tertiary/aromatic N) is 1. The predicted molar refractivity (Wildman–Crippen MR) is 113 cm³/mol. The van der Waals surface area contributed by atoms with Gasteiger partial charge in [0.15, 0.2) is 6.23 Å². The zero-order valence-corrected chi connectivity index (χ0v) is 17.6. The van der Waals surface area contributed by atoms with Gasteiger partial charge in [-0.2, -0.15) is 0 Å². The average Bonchev–Trinajstić information content (AvgIpc) is 2.68. The molecule has 2 N–H and O–H groups in total. The van der Waals surface area contributed by atoms with Crippen LogP contribution in [0.5, 0.6) is 5.75 Å². The molecule has 1 unspecified atom stereocenters. The summed E-state index contributed by atoms with van der Waals surface area (Å²) in [5.74, 6) is -0.916. The van der Waals surface area contributed by atoms with Crippen LogP contribution in [-0.4, -0.2) is 34.1 Å². The second-order valence-electron chi connectivity index (χ2n) is 7.64. The molecular formula is C23H26N2O5. The molecule has 0 aliphatic carbocycles. The van der Waals surface area contributed by atoms with Gasteiger partial charge in [0.2, 0.25) is 5.91 Å².